The van der Waals surface area contributed by atoms with Crippen LogP contribution in [-0.2, 0) is 17.9 Å². The predicted octanol–water partition coefficient (Wildman–Crippen LogP) is 3.74. The van der Waals surface area contributed by atoms with E-state index in [2.05, 4.69) is 45.9 Å². The van der Waals surface area contributed by atoms with Gasteiger partial charge in [-0.05, 0) is 70.0 Å². The molecule has 0 radical (unpaired) electrons. The smallest absolute Gasteiger partial charge is 0.258 e. The van der Waals surface area contributed by atoms with E-state index < -0.39 is 0 Å². The van der Waals surface area contributed by atoms with Crippen molar-refractivity contribution in [3.63, 3.8) is 0 Å². The minimum Gasteiger partial charge on any atom is -0.493 e. The molecule has 0 bridgehead atoms. The molecule has 0 aliphatic carbocycles. The Hall–Kier alpha value is -2.57. The van der Waals surface area contributed by atoms with E-state index in [1.54, 1.807) is 7.11 Å². The van der Waals surface area contributed by atoms with Crippen molar-refractivity contribution in [1.29, 1.82) is 0 Å². The summed E-state index contributed by atoms with van der Waals surface area (Å²) in [6.07, 6.45) is 2.29. The fourth-order valence-corrected chi connectivity index (χ4v) is 3.94. The fourth-order valence-electron chi connectivity index (χ4n) is 3.94. The summed E-state index contributed by atoms with van der Waals surface area (Å²) in [4.78, 5) is 14.5. The molecule has 6 nitrogen and oxygen atoms in total. The number of carbonyl (C=O) groups is 1. The Balaban J connectivity index is 1.44. The Kier molecular flexibility index (Phi) is 8.53. The number of nitrogens with one attached hydrogen (secondary N) is 2. The van der Waals surface area contributed by atoms with Crippen LogP contribution in [0.25, 0.3) is 0 Å². The lowest BCUT2D eigenvalue weighted by molar-refractivity contribution is -0.124. The number of hydrogen-bond acceptors (Lipinski definition) is 5. The van der Waals surface area contributed by atoms with Gasteiger partial charge in [0, 0.05) is 24.7 Å². The van der Waals surface area contributed by atoms with E-state index in [1.165, 1.54) is 5.56 Å². The zero-order valence-corrected chi connectivity index (χ0v) is 19.8. The van der Waals surface area contributed by atoms with Gasteiger partial charge < -0.3 is 20.1 Å². The molecule has 32 heavy (non-hydrogen) atoms. The van der Waals surface area contributed by atoms with Gasteiger partial charge in [0.2, 0.25) is 0 Å². The minimum atomic E-state index is -0.280. The van der Waals surface area contributed by atoms with Gasteiger partial charge in [-0.3, -0.25) is 9.69 Å². The predicted molar refractivity (Wildman–Crippen MR) is 128 cm³/mol. The maximum absolute atomic E-state index is 12.0. The highest BCUT2D eigenvalue weighted by Crippen LogP contribution is 2.28. The third-order valence-electron chi connectivity index (χ3n) is 5.53. The Bertz CT molecular complexity index is 856. The molecule has 3 rings (SSSR count). The van der Waals surface area contributed by atoms with Crippen molar-refractivity contribution in [1.82, 2.24) is 15.5 Å². The fraction of sp³-hybridized carbons (Fsp3) is 0.500. The largest absolute Gasteiger partial charge is 0.493 e. The highest BCUT2D eigenvalue weighted by Gasteiger charge is 2.19. The zero-order chi connectivity index (χ0) is 23.0. The van der Waals surface area contributed by atoms with Crippen LogP contribution in [0.1, 0.15) is 44.7 Å². The summed E-state index contributed by atoms with van der Waals surface area (Å²) in [6.45, 7) is 9.83. The Morgan fingerprint density at radius 1 is 1.03 bits per heavy atom. The van der Waals surface area contributed by atoms with Crippen LogP contribution in [0.2, 0.25) is 0 Å². The number of benzene rings is 2. The molecule has 2 N–H and O–H groups in total. The number of methoxy groups -OCH3 is 1. The van der Waals surface area contributed by atoms with E-state index in [9.17, 15) is 4.79 Å². The van der Waals surface area contributed by atoms with Gasteiger partial charge in [0.05, 0.1) is 7.11 Å². The van der Waals surface area contributed by atoms with Gasteiger partial charge in [0.25, 0.3) is 5.91 Å². The van der Waals surface area contributed by atoms with E-state index in [0.29, 0.717) is 17.5 Å². The monoisotopic (exact) mass is 439 g/mol. The lowest BCUT2D eigenvalue weighted by Gasteiger charge is -2.32. The van der Waals surface area contributed by atoms with E-state index in [4.69, 9.17) is 9.47 Å². The molecule has 0 aromatic heterocycles. The summed E-state index contributed by atoms with van der Waals surface area (Å²) in [5.74, 6) is 1.07. The van der Waals surface area contributed by atoms with Crippen molar-refractivity contribution >= 4 is 5.91 Å². The van der Waals surface area contributed by atoms with Crippen molar-refractivity contribution in [2.75, 3.05) is 26.8 Å². The van der Waals surface area contributed by atoms with E-state index in [-0.39, 0.29) is 18.1 Å². The van der Waals surface area contributed by atoms with Crippen LogP contribution >= 0.6 is 0 Å². The summed E-state index contributed by atoms with van der Waals surface area (Å²) in [7, 11) is 1.62. The lowest BCUT2D eigenvalue weighted by Crippen LogP contribution is -2.43. The van der Waals surface area contributed by atoms with Crippen LogP contribution in [0.4, 0.5) is 0 Å². The number of ether oxygens (including phenoxy) is 2. The van der Waals surface area contributed by atoms with Crippen LogP contribution < -0.4 is 20.1 Å². The number of carbonyl (C=O) groups excluding carboxylic acids is 1. The van der Waals surface area contributed by atoms with Crippen LogP contribution in [0.3, 0.4) is 0 Å². The molecule has 1 aliphatic heterocycles. The minimum absolute atomic E-state index is 0.0349. The second kappa shape index (κ2) is 11.3. The molecule has 0 spiro atoms. The molecule has 2 aromatic carbocycles. The van der Waals surface area contributed by atoms with E-state index in [1.807, 2.05) is 39.0 Å². The van der Waals surface area contributed by atoms with Crippen LogP contribution in [0.15, 0.2) is 48.5 Å². The Labute approximate surface area is 192 Å². The zero-order valence-electron chi connectivity index (χ0n) is 19.8. The number of amides is 1. The van der Waals surface area contributed by atoms with Gasteiger partial charge >= 0.3 is 0 Å². The van der Waals surface area contributed by atoms with Crippen molar-refractivity contribution in [2.45, 2.75) is 58.3 Å². The first-order valence-corrected chi connectivity index (χ1v) is 11.4. The van der Waals surface area contributed by atoms with Gasteiger partial charge in [-0.2, -0.15) is 0 Å². The number of piperidine rings is 1. The first-order valence-electron chi connectivity index (χ1n) is 11.4. The molecule has 1 fully saturated rings. The van der Waals surface area contributed by atoms with Gasteiger partial charge in [0.15, 0.2) is 18.1 Å². The average molecular weight is 440 g/mol. The normalized spacial score (nSPS) is 15.4. The average Bonchev–Trinajstić information content (AvgIpc) is 2.77. The molecule has 2 aromatic rings. The Morgan fingerprint density at radius 3 is 2.41 bits per heavy atom. The summed E-state index contributed by atoms with van der Waals surface area (Å²) < 4.78 is 11.2. The second-order valence-corrected chi connectivity index (χ2v) is 9.49. The third kappa shape index (κ3) is 7.84. The van der Waals surface area contributed by atoms with Gasteiger partial charge in [-0.15, -0.1) is 0 Å². The summed E-state index contributed by atoms with van der Waals surface area (Å²) >= 11 is 0. The topological polar surface area (TPSA) is 62.8 Å². The standard InChI is InChI=1S/C26H37N3O3/c1-26(2,3)28-25(30)19-32-23-11-10-21(16-24(23)31-4)17-27-22-12-14-29(15-13-22)18-20-8-6-5-7-9-20/h5-11,16,22,27H,12-15,17-19H2,1-4H3,(H,28,30). The van der Waals surface area contributed by atoms with Crippen LogP contribution in [0, 0.1) is 0 Å². The van der Waals surface area contributed by atoms with Crippen molar-refractivity contribution < 1.29 is 14.3 Å². The highest BCUT2D eigenvalue weighted by atomic mass is 16.5. The van der Waals surface area contributed by atoms with Crippen LogP contribution in [0.5, 0.6) is 11.5 Å². The summed E-state index contributed by atoms with van der Waals surface area (Å²) in [5.41, 5.74) is 2.24. The molecule has 1 heterocycles. The SMILES string of the molecule is COc1cc(CNC2CCN(Cc3ccccc3)CC2)ccc1OCC(=O)NC(C)(C)C. The van der Waals surface area contributed by atoms with Gasteiger partial charge in [-0.1, -0.05) is 36.4 Å². The maximum Gasteiger partial charge on any atom is 0.258 e. The molecule has 0 saturated carbocycles. The number of hydrogen-bond donors (Lipinski definition) is 2. The van der Waals surface area contributed by atoms with Crippen LogP contribution in [-0.4, -0.2) is 49.2 Å². The summed E-state index contributed by atoms with van der Waals surface area (Å²) in [5, 5.41) is 6.58. The highest BCUT2D eigenvalue weighted by molar-refractivity contribution is 5.78. The molecular weight excluding hydrogens is 402 g/mol. The molecule has 1 aliphatic rings. The molecular formula is C26H37N3O3. The van der Waals surface area contributed by atoms with E-state index >= 15 is 0 Å². The number of nitrogens with zero attached hydrogens (tertiary/aromatic N) is 1. The van der Waals surface area contributed by atoms with Crippen molar-refractivity contribution in [2.24, 2.45) is 0 Å². The first kappa shape index (κ1) is 24.1. The molecule has 6 heteroatoms. The molecule has 0 unspecified atom stereocenters. The maximum atomic E-state index is 12.0. The van der Waals surface area contributed by atoms with Gasteiger partial charge in [-0.25, -0.2) is 0 Å². The molecule has 174 valence electrons. The second-order valence-electron chi connectivity index (χ2n) is 9.49. The van der Waals surface area contributed by atoms with Crippen molar-refractivity contribution in [3.05, 3.63) is 59.7 Å². The van der Waals surface area contributed by atoms with E-state index in [0.717, 1.165) is 44.6 Å². The number of rotatable bonds is 9. The van der Waals surface area contributed by atoms with Crippen molar-refractivity contribution in [3.8, 4) is 11.5 Å². The Morgan fingerprint density at radius 2 is 1.75 bits per heavy atom. The van der Waals surface area contributed by atoms with Gasteiger partial charge in [0.1, 0.15) is 0 Å². The molecule has 1 amide bonds. The first-order chi connectivity index (χ1) is 15.3. The third-order valence-corrected chi connectivity index (χ3v) is 5.53. The molecule has 1 saturated heterocycles. The molecule has 0 atom stereocenters. The lowest BCUT2D eigenvalue weighted by atomic mass is 10.0. The quantitative estimate of drug-likeness (QED) is 0.623. The summed E-state index contributed by atoms with van der Waals surface area (Å²) in [6, 6.07) is 17.1. The number of likely N-dealkylation sites (tertiary alicyclic amines) is 1.